The van der Waals surface area contributed by atoms with Crippen LogP contribution in [0.4, 0.5) is 0 Å². The Morgan fingerprint density at radius 1 is 1.11 bits per heavy atom. The number of hydrogen-bond donors (Lipinski definition) is 2. The largest absolute Gasteiger partial charge is 0.512 e. The Morgan fingerprint density at radius 2 is 1.53 bits per heavy atom. The molecule has 2 N–H and O–H groups in total. The maximum Gasteiger partial charge on any atom is 0.294 e. The van der Waals surface area contributed by atoms with Gasteiger partial charge in [0, 0.05) is 88.7 Å². The molecule has 8 heteroatoms. The summed E-state index contributed by atoms with van der Waals surface area (Å²) in [5.41, 5.74) is 0. The fourth-order valence-corrected chi connectivity index (χ4v) is 1.39. The molecule has 19 heavy (non-hydrogen) atoms. The summed E-state index contributed by atoms with van der Waals surface area (Å²) in [6.45, 7) is 2.85. The van der Waals surface area contributed by atoms with Gasteiger partial charge < -0.3 is 5.11 Å². The van der Waals surface area contributed by atoms with Crippen LogP contribution >= 0.6 is 0 Å². The van der Waals surface area contributed by atoms with Crippen LogP contribution in [-0.2, 0) is 14.9 Å². The van der Waals surface area contributed by atoms with Gasteiger partial charge in [0.05, 0.1) is 10.7 Å². The molecule has 5 nitrogen and oxygen atoms in total. The minimum Gasteiger partial charge on any atom is -0.512 e. The molecule has 1 aromatic carbocycles. The van der Waals surface area contributed by atoms with Crippen LogP contribution in [0, 0.1) is 82.6 Å². The molecular weight excluding hydrogens is 526 g/mol. The second-order valence-corrected chi connectivity index (χ2v) is 4.61. The maximum atomic E-state index is 10.4. The number of hydrogen-bond acceptors (Lipinski definition) is 4. The van der Waals surface area contributed by atoms with E-state index in [1.807, 2.05) is 0 Å². The number of aliphatic hydroxyl groups is 1. The number of benzene rings is 1. The monoisotopic (exact) mass is 540 g/mol. The van der Waals surface area contributed by atoms with Gasteiger partial charge in [0.1, 0.15) is 0 Å². The van der Waals surface area contributed by atoms with E-state index in [1.54, 1.807) is 18.2 Å². The van der Waals surface area contributed by atoms with Crippen molar-refractivity contribution in [2.75, 3.05) is 0 Å². The van der Waals surface area contributed by atoms with Gasteiger partial charge >= 0.3 is 0 Å². The first-order valence-corrected chi connectivity index (χ1v) is 6.08. The Morgan fingerprint density at radius 3 is 1.68 bits per heavy atom. The van der Waals surface area contributed by atoms with Crippen molar-refractivity contribution in [3.8, 4) is 0 Å². The van der Waals surface area contributed by atoms with Crippen molar-refractivity contribution in [2.24, 2.45) is 0 Å². The molecule has 0 aliphatic carbocycles. The molecule has 0 heterocycles. The standard InChI is InChI=1S/C6H6O3S.C5H8O2.2Pr/c7-10(8,9)6-4-2-1-3-5-6;1-4(6)3-5(2)7;;/h1-5H,(H,7,8,9);3,6H,1-2H3;;/b;4-3-;;. The van der Waals surface area contributed by atoms with Gasteiger partial charge in [-0.1, -0.05) is 18.2 Å². The SMILES string of the molecule is CC(=O)/C=C(/C)O.O=S(=O)(O)c1ccccc1.[Pr].[Pr]. The van der Waals surface area contributed by atoms with Crippen LogP contribution in [0.15, 0.2) is 47.1 Å². The number of carbonyl (C=O) groups excluding carboxylic acids is 1. The van der Waals surface area contributed by atoms with E-state index in [4.69, 9.17) is 9.66 Å². The van der Waals surface area contributed by atoms with Crippen molar-refractivity contribution in [3.05, 3.63) is 42.2 Å². The van der Waals surface area contributed by atoms with E-state index in [-0.39, 0.29) is 99.0 Å². The first-order valence-electron chi connectivity index (χ1n) is 4.64. The summed E-state index contributed by atoms with van der Waals surface area (Å²) in [6.07, 6.45) is 1.17. The van der Waals surface area contributed by atoms with Crippen molar-refractivity contribution in [1.82, 2.24) is 0 Å². The van der Waals surface area contributed by atoms with Crippen molar-refractivity contribution in [2.45, 2.75) is 18.7 Å². The minimum absolute atomic E-state index is 0. The van der Waals surface area contributed by atoms with Crippen molar-refractivity contribution < 1.29 is 105 Å². The quantitative estimate of drug-likeness (QED) is 0.341. The third-order valence-corrected chi connectivity index (χ3v) is 2.32. The summed E-state index contributed by atoms with van der Waals surface area (Å²) in [5, 5.41) is 8.36. The van der Waals surface area contributed by atoms with Gasteiger partial charge in [-0.05, 0) is 26.0 Å². The van der Waals surface area contributed by atoms with Crippen molar-refractivity contribution >= 4 is 15.9 Å². The summed E-state index contributed by atoms with van der Waals surface area (Å²) in [5.74, 6) is -0.0625. The second kappa shape index (κ2) is 12.8. The number of allylic oxidation sites excluding steroid dienone is 2. The van der Waals surface area contributed by atoms with Crippen LogP contribution in [0.25, 0.3) is 0 Å². The van der Waals surface area contributed by atoms with Crippen LogP contribution in [0.3, 0.4) is 0 Å². The molecule has 1 aromatic rings. The Labute approximate surface area is 179 Å². The fraction of sp³-hybridized carbons (Fsp3) is 0.182. The molecule has 0 bridgehead atoms. The molecule has 0 atom stereocenters. The van der Waals surface area contributed by atoms with E-state index < -0.39 is 10.1 Å². The summed E-state index contributed by atoms with van der Waals surface area (Å²) in [7, 11) is -4.00. The molecule has 0 saturated carbocycles. The van der Waals surface area contributed by atoms with Crippen molar-refractivity contribution in [3.63, 3.8) is 0 Å². The normalized spacial score (nSPS) is 10.2. The van der Waals surface area contributed by atoms with E-state index in [9.17, 15) is 13.2 Å². The number of aliphatic hydroxyl groups excluding tert-OH is 1. The summed E-state index contributed by atoms with van der Waals surface area (Å²) in [4.78, 5) is 9.94. The molecule has 1 rings (SSSR count). The molecule has 2 radical (unpaired) electrons. The Balaban J connectivity index is -0.000000258. The zero-order chi connectivity index (χ0) is 13.5. The van der Waals surface area contributed by atoms with Gasteiger partial charge in [0.2, 0.25) is 0 Å². The molecule has 0 saturated heterocycles. The Hall–Kier alpha value is 1.07. The van der Waals surface area contributed by atoms with Crippen LogP contribution in [0.1, 0.15) is 13.8 Å². The molecule has 0 aliphatic rings. The average Bonchev–Trinajstić information content (AvgIpc) is 2.16. The zero-order valence-electron chi connectivity index (χ0n) is 10.6. The molecule has 0 unspecified atom stereocenters. The molecule has 0 aromatic heterocycles. The second-order valence-electron chi connectivity index (χ2n) is 3.18. The molecule has 0 fully saturated rings. The minimum atomic E-state index is -4.00. The zero-order valence-corrected chi connectivity index (χ0v) is 18.9. The van der Waals surface area contributed by atoms with Gasteiger partial charge in [0.15, 0.2) is 5.78 Å². The molecule has 0 spiro atoms. The number of ketones is 1. The molecular formula is C11H14O5Pr2S. The summed E-state index contributed by atoms with van der Waals surface area (Å²) in [6, 6.07) is 7.42. The maximum absolute atomic E-state index is 10.4. The van der Waals surface area contributed by atoms with Crippen LogP contribution in [0.2, 0.25) is 0 Å². The average molecular weight is 540 g/mol. The van der Waals surface area contributed by atoms with Gasteiger partial charge in [-0.25, -0.2) is 0 Å². The van der Waals surface area contributed by atoms with Crippen molar-refractivity contribution in [1.29, 1.82) is 0 Å². The first-order chi connectivity index (χ1) is 7.73. The topological polar surface area (TPSA) is 91.7 Å². The van der Waals surface area contributed by atoms with Gasteiger partial charge in [-0.3, -0.25) is 9.35 Å². The Bertz CT molecular complexity index is 493. The predicted molar refractivity (Wildman–Crippen MR) is 63.3 cm³/mol. The fourth-order valence-electron chi connectivity index (χ4n) is 0.887. The Kier molecular flexibility index (Phi) is 16.8. The smallest absolute Gasteiger partial charge is 0.294 e. The van der Waals surface area contributed by atoms with E-state index in [2.05, 4.69) is 0 Å². The third-order valence-electron chi connectivity index (χ3n) is 1.45. The van der Waals surface area contributed by atoms with E-state index in [1.165, 1.54) is 32.1 Å². The number of carbonyl (C=O) groups is 1. The predicted octanol–water partition coefficient (Wildman–Crippen LogP) is 1.97. The first kappa shape index (κ1) is 25.0. The molecule has 100 valence electrons. The molecule has 0 aliphatic heterocycles. The van der Waals surface area contributed by atoms with E-state index >= 15 is 0 Å². The van der Waals surface area contributed by atoms with Gasteiger partial charge in [-0.2, -0.15) is 8.42 Å². The third kappa shape index (κ3) is 15.3. The molecule has 0 amide bonds. The van der Waals surface area contributed by atoms with Gasteiger partial charge in [0.25, 0.3) is 10.1 Å². The van der Waals surface area contributed by atoms with E-state index in [0.717, 1.165) is 0 Å². The summed E-state index contributed by atoms with van der Waals surface area (Å²) < 4.78 is 29.2. The number of rotatable bonds is 2. The van der Waals surface area contributed by atoms with Crippen LogP contribution in [-0.4, -0.2) is 23.9 Å². The van der Waals surface area contributed by atoms with Gasteiger partial charge in [-0.15, -0.1) is 0 Å². The van der Waals surface area contributed by atoms with E-state index in [0.29, 0.717) is 0 Å². The summed E-state index contributed by atoms with van der Waals surface area (Å²) >= 11 is 0. The van der Waals surface area contributed by atoms with Crippen LogP contribution in [0.5, 0.6) is 0 Å². The van der Waals surface area contributed by atoms with Crippen LogP contribution < -0.4 is 0 Å².